The minimum Gasteiger partial charge on any atom is -0.428 e. The van der Waals surface area contributed by atoms with Crippen LogP contribution >= 0.6 is 34.8 Å². The molecule has 5 atom stereocenters. The van der Waals surface area contributed by atoms with E-state index in [0.717, 1.165) is 6.42 Å². The number of allylic oxidation sites excluding steroid dienone is 2. The van der Waals surface area contributed by atoms with E-state index in [1.807, 2.05) is 12.2 Å². The summed E-state index contributed by atoms with van der Waals surface area (Å²) in [5.74, 6) is -3.09. The minimum atomic E-state index is -2.01. The second-order valence-corrected chi connectivity index (χ2v) is 6.90. The van der Waals surface area contributed by atoms with Crippen molar-refractivity contribution in [3.05, 3.63) is 12.2 Å². The van der Waals surface area contributed by atoms with Gasteiger partial charge in [-0.2, -0.15) is 0 Å². The fourth-order valence-electron chi connectivity index (χ4n) is 3.21. The second-order valence-electron chi connectivity index (χ2n) is 4.62. The van der Waals surface area contributed by atoms with Crippen LogP contribution in [-0.4, -0.2) is 20.7 Å². The molecule has 1 saturated carbocycles. The largest absolute Gasteiger partial charge is 0.428 e. The van der Waals surface area contributed by atoms with Crippen molar-refractivity contribution in [2.45, 2.75) is 16.0 Å². The van der Waals surface area contributed by atoms with Gasteiger partial charge in [0.05, 0.1) is 5.92 Å². The van der Waals surface area contributed by atoms with Gasteiger partial charge in [-0.3, -0.25) is 4.79 Å². The molecule has 0 amide bonds. The Morgan fingerprint density at radius 2 is 2.00 bits per heavy atom. The Balaban J connectivity index is 2.06. The topological polar surface area (TPSA) is 46.5 Å². The third-order valence-electron chi connectivity index (χ3n) is 3.85. The van der Waals surface area contributed by atoms with Crippen LogP contribution in [0.1, 0.15) is 6.42 Å². The molecule has 1 saturated heterocycles. The highest BCUT2D eigenvalue weighted by Gasteiger charge is 2.71. The average molecular weight is 284 g/mol. The maximum Gasteiger partial charge on any atom is 0.312 e. The molecule has 0 aromatic heterocycles. The summed E-state index contributed by atoms with van der Waals surface area (Å²) in [5, 5.41) is 10.3. The molecule has 2 aliphatic carbocycles. The summed E-state index contributed by atoms with van der Waals surface area (Å²) in [6.07, 6.45) is 4.78. The van der Waals surface area contributed by atoms with Gasteiger partial charge in [0.2, 0.25) is 0 Å². The first-order valence-corrected chi connectivity index (χ1v) is 6.18. The van der Waals surface area contributed by atoms with E-state index in [2.05, 4.69) is 0 Å². The van der Waals surface area contributed by atoms with E-state index >= 15 is 0 Å². The van der Waals surface area contributed by atoms with E-state index in [-0.39, 0.29) is 17.8 Å². The van der Waals surface area contributed by atoms with Gasteiger partial charge in [0.15, 0.2) is 0 Å². The summed E-state index contributed by atoms with van der Waals surface area (Å²) in [7, 11) is 0. The van der Waals surface area contributed by atoms with Crippen LogP contribution in [0.15, 0.2) is 12.2 Å². The molecule has 0 radical (unpaired) electrons. The Morgan fingerprint density at radius 1 is 1.38 bits per heavy atom. The van der Waals surface area contributed by atoms with Crippen LogP contribution in [0.25, 0.3) is 0 Å². The lowest BCUT2D eigenvalue weighted by atomic mass is 9.80. The van der Waals surface area contributed by atoms with Crippen LogP contribution in [0.5, 0.6) is 0 Å². The Kier molecular flexibility index (Phi) is 2.14. The van der Waals surface area contributed by atoms with Gasteiger partial charge in [-0.1, -0.05) is 47.0 Å². The lowest BCUT2D eigenvalue weighted by molar-refractivity contribution is -0.202. The molecule has 1 heterocycles. The Morgan fingerprint density at radius 3 is 2.62 bits per heavy atom. The van der Waals surface area contributed by atoms with Crippen molar-refractivity contribution in [1.29, 1.82) is 0 Å². The first-order chi connectivity index (χ1) is 7.34. The number of halogens is 3. The van der Waals surface area contributed by atoms with E-state index in [0.29, 0.717) is 0 Å². The molecule has 16 heavy (non-hydrogen) atoms. The maximum atomic E-state index is 11.7. The van der Waals surface area contributed by atoms with Crippen molar-refractivity contribution in [3.8, 4) is 0 Å². The minimum absolute atomic E-state index is 0.0575. The average Bonchev–Trinajstić information content (AvgIpc) is 2.77. The van der Waals surface area contributed by atoms with Crippen LogP contribution in [-0.2, 0) is 9.53 Å². The molecule has 6 heteroatoms. The van der Waals surface area contributed by atoms with E-state index in [1.165, 1.54) is 0 Å². The maximum absolute atomic E-state index is 11.7. The fourth-order valence-corrected chi connectivity index (χ4v) is 3.71. The number of carbonyl (C=O) groups is 1. The molecule has 2 bridgehead atoms. The number of alkyl halides is 3. The third-order valence-corrected chi connectivity index (χ3v) is 4.66. The van der Waals surface area contributed by atoms with E-state index in [1.54, 1.807) is 0 Å². The summed E-state index contributed by atoms with van der Waals surface area (Å²) in [6.45, 7) is 0. The molecule has 1 N–H and O–H groups in total. The monoisotopic (exact) mass is 282 g/mol. The lowest BCUT2D eigenvalue weighted by Crippen LogP contribution is -2.50. The van der Waals surface area contributed by atoms with Crippen LogP contribution in [0.4, 0.5) is 0 Å². The first kappa shape index (κ1) is 11.1. The molecule has 0 aromatic rings. The quantitative estimate of drug-likeness (QED) is 0.420. The predicted octanol–water partition coefficient (Wildman–Crippen LogP) is 2.04. The van der Waals surface area contributed by atoms with E-state index in [9.17, 15) is 9.90 Å². The highest BCUT2D eigenvalue weighted by molar-refractivity contribution is 6.68. The van der Waals surface area contributed by atoms with Crippen molar-refractivity contribution in [2.75, 3.05) is 0 Å². The summed E-state index contributed by atoms with van der Waals surface area (Å²) < 4.78 is 2.93. The fraction of sp³-hybridized carbons (Fsp3) is 0.700. The smallest absolute Gasteiger partial charge is 0.312 e. The van der Waals surface area contributed by atoms with Crippen LogP contribution in [0.2, 0.25) is 0 Å². The zero-order valence-electron chi connectivity index (χ0n) is 8.07. The second kappa shape index (κ2) is 3.08. The normalized spacial score (nSPS) is 49.6. The van der Waals surface area contributed by atoms with Crippen molar-refractivity contribution in [1.82, 2.24) is 0 Å². The molecule has 1 aliphatic heterocycles. The number of carbonyl (C=O) groups excluding carboxylic acids is 1. The summed E-state index contributed by atoms with van der Waals surface area (Å²) >= 11 is 17.2. The van der Waals surface area contributed by atoms with Crippen LogP contribution < -0.4 is 0 Å². The van der Waals surface area contributed by atoms with E-state index in [4.69, 9.17) is 39.5 Å². The van der Waals surface area contributed by atoms with Gasteiger partial charge in [-0.05, 0) is 18.3 Å². The van der Waals surface area contributed by atoms with Crippen molar-refractivity contribution in [3.63, 3.8) is 0 Å². The van der Waals surface area contributed by atoms with Crippen molar-refractivity contribution in [2.24, 2.45) is 23.7 Å². The number of hydrogen-bond acceptors (Lipinski definition) is 3. The van der Waals surface area contributed by atoms with Gasteiger partial charge in [-0.15, -0.1) is 0 Å². The number of aliphatic hydroxyl groups is 1. The van der Waals surface area contributed by atoms with Crippen molar-refractivity contribution >= 4 is 40.8 Å². The molecule has 2 fully saturated rings. The highest BCUT2D eigenvalue weighted by atomic mass is 35.6. The third kappa shape index (κ3) is 1.18. The SMILES string of the molecule is O=C1OC(O)(C(Cl)(Cl)Cl)[C@@H]2C3C=CC(C3)[C@H]12. The number of esters is 1. The Labute approximate surface area is 107 Å². The number of ether oxygens (including phenoxy) is 1. The van der Waals surface area contributed by atoms with Gasteiger partial charge in [0.1, 0.15) is 0 Å². The Bertz CT molecular complexity index is 389. The first-order valence-electron chi connectivity index (χ1n) is 5.05. The highest BCUT2D eigenvalue weighted by Crippen LogP contribution is 2.61. The Hall–Kier alpha value is 0.0400. The zero-order valence-corrected chi connectivity index (χ0v) is 10.3. The molecule has 88 valence electrons. The predicted molar refractivity (Wildman–Crippen MR) is 59.0 cm³/mol. The van der Waals surface area contributed by atoms with Gasteiger partial charge in [0, 0.05) is 5.92 Å². The standard InChI is InChI=1S/C10H9Cl3O3/c11-10(12,13)9(15)7-5-2-1-4(3-5)6(7)8(14)16-9/h1-2,4-7,15H,3H2/t4?,5?,6-,7+,9?/m0/s1. The van der Waals surface area contributed by atoms with E-state index < -0.39 is 21.5 Å². The molecule has 3 rings (SSSR count). The molecule has 0 aromatic carbocycles. The summed E-state index contributed by atoms with van der Waals surface area (Å²) in [6, 6.07) is 0. The molecular weight excluding hydrogens is 274 g/mol. The van der Waals surface area contributed by atoms with Gasteiger partial charge in [0.25, 0.3) is 9.58 Å². The summed E-state index contributed by atoms with van der Waals surface area (Å²) in [5.41, 5.74) is 0. The number of rotatable bonds is 0. The van der Waals surface area contributed by atoms with Crippen LogP contribution in [0.3, 0.4) is 0 Å². The van der Waals surface area contributed by atoms with Crippen LogP contribution in [0, 0.1) is 23.7 Å². The molecular formula is C10H9Cl3O3. The van der Waals surface area contributed by atoms with Gasteiger partial charge >= 0.3 is 5.97 Å². The number of cyclic esters (lactones) is 1. The number of fused-ring (bicyclic) bond motifs is 5. The molecule has 3 nitrogen and oxygen atoms in total. The molecule has 0 spiro atoms. The zero-order chi connectivity index (χ0) is 11.7. The van der Waals surface area contributed by atoms with Gasteiger partial charge in [-0.25, -0.2) is 0 Å². The molecule has 3 unspecified atom stereocenters. The number of hydrogen-bond donors (Lipinski definition) is 1. The summed E-state index contributed by atoms with van der Waals surface area (Å²) in [4.78, 5) is 11.7. The van der Waals surface area contributed by atoms with Crippen molar-refractivity contribution < 1.29 is 14.6 Å². The van der Waals surface area contributed by atoms with Gasteiger partial charge < -0.3 is 9.84 Å². The molecule has 3 aliphatic rings. The lowest BCUT2D eigenvalue weighted by Gasteiger charge is -2.35.